The molecule has 0 aliphatic carbocycles. The molecule has 0 spiro atoms. The molecule has 0 atom stereocenters. The predicted octanol–water partition coefficient (Wildman–Crippen LogP) is 2.49. The SMILES string of the molecule is COC(=O)c1ccc(CNc2ccc(C#N)cc2F)nc1. The van der Waals surface area contributed by atoms with Crippen molar-refractivity contribution in [2.24, 2.45) is 0 Å². The lowest BCUT2D eigenvalue weighted by Crippen LogP contribution is -2.06. The van der Waals surface area contributed by atoms with Crippen LogP contribution in [0, 0.1) is 17.1 Å². The lowest BCUT2D eigenvalue weighted by Gasteiger charge is -2.07. The molecular weight excluding hydrogens is 273 g/mol. The minimum Gasteiger partial charge on any atom is -0.465 e. The van der Waals surface area contributed by atoms with E-state index in [0.717, 1.165) is 6.07 Å². The van der Waals surface area contributed by atoms with Gasteiger partial charge in [0.1, 0.15) is 5.82 Å². The van der Waals surface area contributed by atoms with Gasteiger partial charge in [-0.3, -0.25) is 4.98 Å². The summed E-state index contributed by atoms with van der Waals surface area (Å²) in [5.41, 5.74) is 1.55. The number of pyridine rings is 1. The Balaban J connectivity index is 2.03. The van der Waals surface area contributed by atoms with Crippen molar-refractivity contribution in [3.05, 3.63) is 59.2 Å². The molecule has 0 bridgehead atoms. The number of ether oxygens (including phenoxy) is 1. The molecule has 1 aromatic carbocycles. The van der Waals surface area contributed by atoms with Crippen LogP contribution in [0.2, 0.25) is 0 Å². The van der Waals surface area contributed by atoms with Crippen molar-refractivity contribution in [2.45, 2.75) is 6.54 Å². The van der Waals surface area contributed by atoms with Crippen LogP contribution in [0.1, 0.15) is 21.6 Å². The first kappa shape index (κ1) is 14.5. The molecule has 2 rings (SSSR count). The molecule has 2 aromatic rings. The highest BCUT2D eigenvalue weighted by atomic mass is 19.1. The average Bonchev–Trinajstić information content (AvgIpc) is 2.53. The van der Waals surface area contributed by atoms with E-state index < -0.39 is 11.8 Å². The largest absolute Gasteiger partial charge is 0.465 e. The number of nitrogens with one attached hydrogen (secondary N) is 1. The van der Waals surface area contributed by atoms with Crippen LogP contribution in [-0.4, -0.2) is 18.1 Å². The number of benzene rings is 1. The third kappa shape index (κ3) is 3.54. The van der Waals surface area contributed by atoms with E-state index in [1.807, 2.05) is 6.07 Å². The number of esters is 1. The summed E-state index contributed by atoms with van der Waals surface area (Å²) < 4.78 is 18.2. The van der Waals surface area contributed by atoms with Gasteiger partial charge in [0.25, 0.3) is 0 Å². The molecule has 1 heterocycles. The van der Waals surface area contributed by atoms with Crippen molar-refractivity contribution >= 4 is 11.7 Å². The molecule has 106 valence electrons. The Labute approximate surface area is 121 Å². The van der Waals surface area contributed by atoms with Crippen molar-refractivity contribution in [3.63, 3.8) is 0 Å². The fraction of sp³-hybridized carbons (Fsp3) is 0.133. The second-order valence-electron chi connectivity index (χ2n) is 4.19. The third-order valence-corrected chi connectivity index (χ3v) is 2.80. The average molecular weight is 285 g/mol. The maximum atomic E-state index is 13.7. The van der Waals surface area contributed by atoms with Gasteiger partial charge in [-0.25, -0.2) is 9.18 Å². The van der Waals surface area contributed by atoms with E-state index in [1.54, 1.807) is 12.1 Å². The molecule has 0 radical (unpaired) electrons. The van der Waals surface area contributed by atoms with Gasteiger partial charge >= 0.3 is 5.97 Å². The van der Waals surface area contributed by atoms with Crippen LogP contribution in [0.5, 0.6) is 0 Å². The van der Waals surface area contributed by atoms with E-state index in [4.69, 9.17) is 5.26 Å². The quantitative estimate of drug-likeness (QED) is 0.873. The summed E-state index contributed by atoms with van der Waals surface area (Å²) >= 11 is 0. The number of hydrogen-bond donors (Lipinski definition) is 1. The van der Waals surface area contributed by atoms with E-state index in [2.05, 4.69) is 15.0 Å². The molecule has 0 saturated heterocycles. The monoisotopic (exact) mass is 285 g/mol. The van der Waals surface area contributed by atoms with Crippen molar-refractivity contribution in [3.8, 4) is 6.07 Å². The zero-order chi connectivity index (χ0) is 15.2. The van der Waals surface area contributed by atoms with Gasteiger partial charge in [0.2, 0.25) is 0 Å². The standard InChI is InChI=1S/C15H12FN3O2/c1-21-15(20)11-3-4-12(18-8-11)9-19-14-5-2-10(7-17)6-13(14)16/h2-6,8,19H,9H2,1H3. The van der Waals surface area contributed by atoms with Gasteiger partial charge in [-0.2, -0.15) is 5.26 Å². The maximum Gasteiger partial charge on any atom is 0.339 e. The van der Waals surface area contributed by atoms with Crippen molar-refractivity contribution in [2.75, 3.05) is 12.4 Å². The first-order valence-electron chi connectivity index (χ1n) is 6.11. The number of rotatable bonds is 4. The number of carbonyl (C=O) groups is 1. The van der Waals surface area contributed by atoms with Crippen LogP contribution in [0.15, 0.2) is 36.5 Å². The molecule has 21 heavy (non-hydrogen) atoms. The molecule has 0 fully saturated rings. The highest BCUT2D eigenvalue weighted by Gasteiger charge is 2.06. The summed E-state index contributed by atoms with van der Waals surface area (Å²) in [6.45, 7) is 0.296. The zero-order valence-corrected chi connectivity index (χ0v) is 11.3. The number of nitrogens with zero attached hydrogens (tertiary/aromatic N) is 2. The van der Waals surface area contributed by atoms with Crippen LogP contribution >= 0.6 is 0 Å². The summed E-state index contributed by atoms with van der Waals surface area (Å²) in [7, 11) is 1.30. The third-order valence-electron chi connectivity index (χ3n) is 2.80. The fourth-order valence-corrected chi connectivity index (χ4v) is 1.68. The minimum atomic E-state index is -0.500. The summed E-state index contributed by atoms with van der Waals surface area (Å²) in [5, 5.41) is 11.5. The van der Waals surface area contributed by atoms with E-state index in [9.17, 15) is 9.18 Å². The summed E-state index contributed by atoms with van der Waals surface area (Å²) in [6.07, 6.45) is 1.40. The topological polar surface area (TPSA) is 75.0 Å². The van der Waals surface area contributed by atoms with E-state index in [0.29, 0.717) is 17.8 Å². The molecule has 1 aromatic heterocycles. The Morgan fingerprint density at radius 3 is 2.81 bits per heavy atom. The van der Waals surface area contributed by atoms with Gasteiger partial charge < -0.3 is 10.1 Å². The second-order valence-corrected chi connectivity index (χ2v) is 4.19. The molecule has 1 N–H and O–H groups in total. The normalized spacial score (nSPS) is 9.76. The number of aromatic nitrogens is 1. The van der Waals surface area contributed by atoms with Gasteiger partial charge in [-0.05, 0) is 30.3 Å². The first-order valence-corrected chi connectivity index (χ1v) is 6.11. The minimum absolute atomic E-state index is 0.263. The van der Waals surface area contributed by atoms with E-state index in [-0.39, 0.29) is 11.3 Å². The summed E-state index contributed by atoms with van der Waals surface area (Å²) in [4.78, 5) is 15.3. The van der Waals surface area contributed by atoms with Crippen LogP contribution in [0.25, 0.3) is 0 Å². The number of halogens is 1. The van der Waals surface area contributed by atoms with Gasteiger partial charge in [-0.1, -0.05) is 0 Å². The molecular formula is C15H12FN3O2. The highest BCUT2D eigenvalue weighted by Crippen LogP contribution is 2.16. The maximum absolute atomic E-state index is 13.7. The Hall–Kier alpha value is -2.94. The molecule has 6 heteroatoms. The number of methoxy groups -OCH3 is 1. The van der Waals surface area contributed by atoms with Crippen LogP contribution < -0.4 is 5.32 Å². The van der Waals surface area contributed by atoms with Crippen molar-refractivity contribution < 1.29 is 13.9 Å². The van der Waals surface area contributed by atoms with Gasteiger partial charge in [0.05, 0.1) is 42.2 Å². The number of carbonyl (C=O) groups excluding carboxylic acids is 1. The van der Waals surface area contributed by atoms with Gasteiger partial charge in [-0.15, -0.1) is 0 Å². The Bertz CT molecular complexity index is 693. The molecule has 5 nitrogen and oxygen atoms in total. The number of hydrogen-bond acceptors (Lipinski definition) is 5. The highest BCUT2D eigenvalue weighted by molar-refractivity contribution is 5.88. The Morgan fingerprint density at radius 2 is 2.24 bits per heavy atom. The smallest absolute Gasteiger partial charge is 0.339 e. The molecule has 0 aliphatic heterocycles. The zero-order valence-electron chi connectivity index (χ0n) is 11.3. The van der Waals surface area contributed by atoms with E-state index in [1.165, 1.54) is 25.4 Å². The second kappa shape index (κ2) is 6.48. The molecule has 0 amide bonds. The van der Waals surface area contributed by atoms with Gasteiger partial charge in [0.15, 0.2) is 0 Å². The van der Waals surface area contributed by atoms with Crippen LogP contribution in [0.3, 0.4) is 0 Å². The van der Waals surface area contributed by atoms with Gasteiger partial charge in [0, 0.05) is 6.20 Å². The van der Waals surface area contributed by atoms with Crippen LogP contribution in [0.4, 0.5) is 10.1 Å². The predicted molar refractivity (Wildman–Crippen MR) is 74.0 cm³/mol. The summed E-state index contributed by atoms with van der Waals surface area (Å²) in [6, 6.07) is 9.30. The molecule has 0 saturated carbocycles. The van der Waals surface area contributed by atoms with E-state index >= 15 is 0 Å². The lowest BCUT2D eigenvalue weighted by atomic mass is 10.2. The fourth-order valence-electron chi connectivity index (χ4n) is 1.68. The lowest BCUT2D eigenvalue weighted by molar-refractivity contribution is 0.0600. The number of anilines is 1. The Kier molecular flexibility index (Phi) is 4.46. The van der Waals surface area contributed by atoms with Crippen LogP contribution in [-0.2, 0) is 11.3 Å². The molecule has 0 aliphatic rings. The Morgan fingerprint density at radius 1 is 1.43 bits per heavy atom. The summed E-state index contributed by atoms with van der Waals surface area (Å²) in [5.74, 6) is -0.958. The van der Waals surface area contributed by atoms with Crippen molar-refractivity contribution in [1.82, 2.24) is 4.98 Å². The van der Waals surface area contributed by atoms with Crippen molar-refractivity contribution in [1.29, 1.82) is 5.26 Å². The number of nitriles is 1. The molecule has 0 unspecified atom stereocenters. The first-order chi connectivity index (χ1) is 10.1.